The van der Waals surface area contributed by atoms with Crippen molar-refractivity contribution in [2.45, 2.75) is 175 Å². The van der Waals surface area contributed by atoms with E-state index in [9.17, 15) is 24.2 Å². The quantitative estimate of drug-likeness (QED) is 0.0255. The summed E-state index contributed by atoms with van der Waals surface area (Å²) in [5.74, 6) is 1.34. The molecule has 0 spiro atoms. The van der Waals surface area contributed by atoms with E-state index < -0.39 is 32.5 Å². The van der Waals surface area contributed by atoms with Gasteiger partial charge in [0.05, 0.1) is 19.3 Å². The third-order valence-corrected chi connectivity index (χ3v) is 10.4. The molecule has 326 valence electrons. The number of hydrogen-bond acceptors (Lipinski definition) is 10. The summed E-state index contributed by atoms with van der Waals surface area (Å²) in [5, 5.41) is 9.73. The first kappa shape index (κ1) is 52.2. The Morgan fingerprint density at radius 1 is 0.719 bits per heavy atom. The largest absolute Gasteiger partial charge is 0.472 e. The molecule has 11 nitrogen and oxygen atoms in total. The molecule has 0 bridgehead atoms. The summed E-state index contributed by atoms with van der Waals surface area (Å²) in [6.07, 6.45) is 33.4. The number of nitrogens with two attached hydrogens (primary N) is 1. The second-order valence-electron chi connectivity index (χ2n) is 14.6. The van der Waals surface area contributed by atoms with Gasteiger partial charge in [-0.2, -0.15) is 0 Å². The van der Waals surface area contributed by atoms with Crippen LogP contribution in [-0.2, 0) is 45.5 Å². The Kier molecular flexibility index (Phi) is 31.3. The lowest BCUT2D eigenvalue weighted by Gasteiger charge is -2.19. The third kappa shape index (κ3) is 28.3. The lowest BCUT2D eigenvalue weighted by Crippen LogP contribution is -2.29. The minimum absolute atomic E-state index is 0.0306. The fourth-order valence-electron chi connectivity index (χ4n) is 6.04. The highest BCUT2D eigenvalue weighted by Gasteiger charge is 2.26. The first-order chi connectivity index (χ1) is 27.5. The zero-order valence-corrected chi connectivity index (χ0v) is 36.5. The number of carbonyl (C=O) groups is 2. The predicted octanol–water partition coefficient (Wildman–Crippen LogP) is 10.6. The molecule has 4 N–H and O–H groups in total. The van der Waals surface area contributed by atoms with Crippen LogP contribution in [0.2, 0.25) is 0 Å². The molecule has 0 aromatic carbocycles. The monoisotopic (exact) mass is 822 g/mol. The summed E-state index contributed by atoms with van der Waals surface area (Å²) in [5.41, 5.74) is 7.96. The Balaban J connectivity index is 2.29. The fraction of sp³-hybridized carbons (Fsp3) is 0.689. The standard InChI is InChI=1S/C45H76NO10P/c1-5-28-40(47)30-24-20-16-12-10-8-7-9-11-13-19-23-27-33-45(49)55-41(37-54-57(50,51)53-35-34-46)36-52-44(48)32-26-22-18-15-14-17-21-25-31-43-39(4)38(3)42(56-43)29-6-2/h7,9-10,12-13,19-20,24,40-41,47H,5-6,8,11,14-18,21-23,25-37,46H2,1-4H3,(H,50,51)/b9-7-,12-10-,19-13-,24-20-/t40?,41-/m1/s1. The van der Waals surface area contributed by atoms with Crippen LogP contribution in [0.1, 0.15) is 158 Å². The van der Waals surface area contributed by atoms with Gasteiger partial charge in [0.1, 0.15) is 18.1 Å². The summed E-state index contributed by atoms with van der Waals surface area (Å²) in [4.78, 5) is 34.9. The normalized spacial score (nSPS) is 14.3. The number of hydrogen-bond donors (Lipinski definition) is 3. The van der Waals surface area contributed by atoms with E-state index in [-0.39, 0.29) is 38.7 Å². The van der Waals surface area contributed by atoms with E-state index in [0.717, 1.165) is 95.0 Å². The number of ether oxygens (including phenoxy) is 2. The van der Waals surface area contributed by atoms with Gasteiger partial charge in [-0.3, -0.25) is 18.6 Å². The van der Waals surface area contributed by atoms with Gasteiger partial charge in [-0.25, -0.2) is 4.57 Å². The molecular weight excluding hydrogens is 745 g/mol. The summed E-state index contributed by atoms with van der Waals surface area (Å²) < 4.78 is 38.8. The van der Waals surface area contributed by atoms with E-state index in [1.165, 1.54) is 24.0 Å². The van der Waals surface area contributed by atoms with Crippen molar-refractivity contribution in [1.29, 1.82) is 0 Å². The van der Waals surface area contributed by atoms with Gasteiger partial charge in [-0.15, -0.1) is 0 Å². The molecule has 57 heavy (non-hydrogen) atoms. The first-order valence-electron chi connectivity index (χ1n) is 21.6. The molecule has 0 aliphatic rings. The van der Waals surface area contributed by atoms with Gasteiger partial charge < -0.3 is 29.6 Å². The van der Waals surface area contributed by atoms with Crippen LogP contribution in [0.25, 0.3) is 0 Å². The van der Waals surface area contributed by atoms with E-state index in [4.69, 9.17) is 28.7 Å². The van der Waals surface area contributed by atoms with Crippen molar-refractivity contribution in [2.24, 2.45) is 5.73 Å². The number of aliphatic hydroxyl groups is 1. The molecule has 0 aliphatic heterocycles. The molecule has 0 aliphatic carbocycles. The minimum Gasteiger partial charge on any atom is -0.466 e. The highest BCUT2D eigenvalue weighted by atomic mass is 31.2. The predicted molar refractivity (Wildman–Crippen MR) is 229 cm³/mol. The average molecular weight is 822 g/mol. The number of esters is 2. The second kappa shape index (κ2) is 34.1. The van der Waals surface area contributed by atoms with Gasteiger partial charge in [-0.05, 0) is 89.2 Å². The van der Waals surface area contributed by atoms with E-state index in [1.807, 2.05) is 18.2 Å². The number of allylic oxidation sites excluding steroid dienone is 7. The number of unbranched alkanes of at least 4 members (excludes halogenated alkanes) is 8. The van der Waals surface area contributed by atoms with Crippen LogP contribution in [0.5, 0.6) is 0 Å². The number of rotatable bonds is 36. The summed E-state index contributed by atoms with van der Waals surface area (Å²) in [6.45, 7) is 7.66. The van der Waals surface area contributed by atoms with Gasteiger partial charge >= 0.3 is 19.8 Å². The van der Waals surface area contributed by atoms with Crippen LogP contribution in [0, 0.1) is 13.8 Å². The SMILES string of the molecule is CCCc1oc(CCCCCCCCCCC(=O)OC[C@H](COP(=O)(O)OCCN)OC(=O)CCC/C=C\C/C=C\C/C=C\C/C=C\CC(O)CCC)c(C)c1C. The highest BCUT2D eigenvalue weighted by Crippen LogP contribution is 2.43. The van der Waals surface area contributed by atoms with Crippen molar-refractivity contribution in [3.05, 3.63) is 71.3 Å². The molecular formula is C45H76NO10P. The van der Waals surface area contributed by atoms with E-state index in [1.54, 1.807) is 0 Å². The fourth-order valence-corrected chi connectivity index (χ4v) is 6.81. The van der Waals surface area contributed by atoms with Crippen LogP contribution in [-0.4, -0.2) is 60.5 Å². The van der Waals surface area contributed by atoms with Gasteiger partial charge in [-0.1, -0.05) is 107 Å². The summed E-state index contributed by atoms with van der Waals surface area (Å²) >= 11 is 0. The second-order valence-corrected chi connectivity index (χ2v) is 16.1. The zero-order valence-electron chi connectivity index (χ0n) is 35.6. The van der Waals surface area contributed by atoms with Gasteiger partial charge in [0.15, 0.2) is 6.10 Å². The molecule has 1 heterocycles. The molecule has 2 unspecified atom stereocenters. The molecule has 0 fully saturated rings. The Hall–Kier alpha value is -2.79. The molecule has 0 radical (unpaired) electrons. The zero-order chi connectivity index (χ0) is 42.0. The Bertz CT molecular complexity index is 1370. The van der Waals surface area contributed by atoms with Crippen LogP contribution in [0.3, 0.4) is 0 Å². The number of phosphoric ester groups is 1. The number of phosphoric acid groups is 1. The lowest BCUT2D eigenvalue weighted by molar-refractivity contribution is -0.161. The molecule has 0 saturated heterocycles. The Labute approximate surface area is 344 Å². The maximum atomic E-state index is 12.6. The third-order valence-electron chi connectivity index (χ3n) is 9.45. The highest BCUT2D eigenvalue weighted by molar-refractivity contribution is 7.47. The van der Waals surface area contributed by atoms with Crippen molar-refractivity contribution in [2.75, 3.05) is 26.4 Å². The van der Waals surface area contributed by atoms with Crippen LogP contribution >= 0.6 is 7.82 Å². The molecule has 1 rings (SSSR count). The molecule has 0 saturated carbocycles. The first-order valence-corrected chi connectivity index (χ1v) is 23.0. The van der Waals surface area contributed by atoms with Crippen molar-refractivity contribution in [1.82, 2.24) is 0 Å². The van der Waals surface area contributed by atoms with E-state index >= 15 is 0 Å². The summed E-state index contributed by atoms with van der Waals surface area (Å²) in [7, 11) is -4.41. The van der Waals surface area contributed by atoms with Crippen LogP contribution in [0.4, 0.5) is 0 Å². The van der Waals surface area contributed by atoms with E-state index in [2.05, 4.69) is 58.1 Å². The number of aryl methyl sites for hydroxylation is 2. The van der Waals surface area contributed by atoms with Crippen LogP contribution in [0.15, 0.2) is 53.0 Å². The Morgan fingerprint density at radius 2 is 1.28 bits per heavy atom. The van der Waals surface area contributed by atoms with Crippen molar-refractivity contribution in [3.63, 3.8) is 0 Å². The smallest absolute Gasteiger partial charge is 0.466 e. The average Bonchev–Trinajstić information content (AvgIpc) is 3.45. The van der Waals surface area contributed by atoms with Crippen molar-refractivity contribution in [3.8, 4) is 0 Å². The van der Waals surface area contributed by atoms with Gasteiger partial charge in [0, 0.05) is 32.2 Å². The molecule has 1 aromatic rings. The van der Waals surface area contributed by atoms with Gasteiger partial charge in [0.25, 0.3) is 0 Å². The van der Waals surface area contributed by atoms with Gasteiger partial charge in [0.2, 0.25) is 0 Å². The van der Waals surface area contributed by atoms with E-state index in [0.29, 0.717) is 25.7 Å². The van der Waals surface area contributed by atoms with Crippen LogP contribution < -0.4 is 5.73 Å². The molecule has 12 heteroatoms. The van der Waals surface area contributed by atoms with Crippen molar-refractivity contribution < 1.29 is 47.1 Å². The summed E-state index contributed by atoms with van der Waals surface area (Å²) in [6, 6.07) is 0. The molecule has 3 atom stereocenters. The molecule has 1 aromatic heterocycles. The number of furan rings is 1. The van der Waals surface area contributed by atoms with Crippen molar-refractivity contribution >= 4 is 19.8 Å². The number of aliphatic hydroxyl groups excluding tert-OH is 1. The maximum absolute atomic E-state index is 12.6. The number of carbonyl (C=O) groups excluding carboxylic acids is 2. The lowest BCUT2D eigenvalue weighted by atomic mass is 10.0. The molecule has 0 amide bonds. The topological polar surface area (TPSA) is 168 Å². The minimum atomic E-state index is -4.41. The Morgan fingerprint density at radius 3 is 1.89 bits per heavy atom. The maximum Gasteiger partial charge on any atom is 0.472 e.